The molecule has 122 valence electrons. The average Bonchev–Trinajstić information content (AvgIpc) is 2.45. The quantitative estimate of drug-likeness (QED) is 0.507. The van der Waals surface area contributed by atoms with Crippen LogP contribution in [0.5, 0.6) is 0 Å². The summed E-state index contributed by atoms with van der Waals surface area (Å²) in [6, 6.07) is 5.74. The van der Waals surface area contributed by atoms with E-state index in [1.54, 1.807) is 0 Å². The summed E-state index contributed by atoms with van der Waals surface area (Å²) in [4.78, 5) is 12.3. The van der Waals surface area contributed by atoms with E-state index in [9.17, 15) is 31.1 Å². The van der Waals surface area contributed by atoms with Gasteiger partial charge in [-0.2, -0.15) is 26.3 Å². The van der Waals surface area contributed by atoms with Gasteiger partial charge >= 0.3 is 12.4 Å². The van der Waals surface area contributed by atoms with Crippen LogP contribution in [0.25, 0.3) is 0 Å². The van der Waals surface area contributed by atoms with E-state index in [1.807, 2.05) is 0 Å². The molecule has 0 aliphatic rings. The Morgan fingerprint density at radius 1 is 0.826 bits per heavy atom. The molecule has 2 aromatic carbocycles. The highest BCUT2D eigenvalue weighted by molar-refractivity contribution is 6.35. The Kier molecular flexibility index (Phi) is 4.43. The summed E-state index contributed by atoms with van der Waals surface area (Å²) in [7, 11) is 0. The number of halogens is 7. The van der Waals surface area contributed by atoms with Gasteiger partial charge in [-0.3, -0.25) is 4.79 Å². The lowest BCUT2D eigenvalue weighted by molar-refractivity contribution is -0.138. The van der Waals surface area contributed by atoms with Gasteiger partial charge in [-0.25, -0.2) is 0 Å². The van der Waals surface area contributed by atoms with Crippen molar-refractivity contribution in [1.82, 2.24) is 0 Å². The molecule has 0 spiro atoms. The maximum atomic E-state index is 12.9. The van der Waals surface area contributed by atoms with Gasteiger partial charge < -0.3 is 0 Å². The molecule has 2 rings (SSSR count). The molecule has 0 saturated heterocycles. The Morgan fingerprint density at radius 2 is 1.43 bits per heavy atom. The summed E-state index contributed by atoms with van der Waals surface area (Å²) < 4.78 is 76.9. The number of hydrogen-bond acceptors (Lipinski definition) is 1. The molecule has 0 bridgehead atoms. The minimum Gasteiger partial charge on any atom is -0.289 e. The van der Waals surface area contributed by atoms with Gasteiger partial charge in [-0.05, 0) is 24.3 Å². The van der Waals surface area contributed by atoms with Crippen LogP contribution in [0.1, 0.15) is 27.0 Å². The van der Waals surface area contributed by atoms with E-state index in [0.29, 0.717) is 18.2 Å². The predicted molar refractivity (Wildman–Crippen MR) is 71.3 cm³/mol. The SMILES string of the molecule is O=C(c1cc(C(F)(F)F)ccc1Cl)c1ccccc1C(F)(F)F. The summed E-state index contributed by atoms with van der Waals surface area (Å²) >= 11 is 5.69. The Bertz CT molecular complexity index is 748. The molecule has 0 aliphatic carbocycles. The first-order chi connectivity index (χ1) is 10.5. The van der Waals surface area contributed by atoms with Crippen molar-refractivity contribution < 1.29 is 31.1 Å². The van der Waals surface area contributed by atoms with Gasteiger partial charge in [-0.15, -0.1) is 0 Å². The van der Waals surface area contributed by atoms with Gasteiger partial charge in [0.05, 0.1) is 16.1 Å². The molecule has 1 nitrogen and oxygen atoms in total. The zero-order valence-electron chi connectivity index (χ0n) is 11.1. The Hall–Kier alpha value is -2.02. The van der Waals surface area contributed by atoms with Gasteiger partial charge in [0.15, 0.2) is 5.78 Å². The van der Waals surface area contributed by atoms with E-state index in [2.05, 4.69) is 0 Å². The smallest absolute Gasteiger partial charge is 0.289 e. The molecule has 0 unspecified atom stereocenters. The second-order valence-electron chi connectivity index (χ2n) is 4.56. The van der Waals surface area contributed by atoms with E-state index in [-0.39, 0.29) is 5.02 Å². The van der Waals surface area contributed by atoms with E-state index in [1.165, 1.54) is 6.07 Å². The van der Waals surface area contributed by atoms with Crippen LogP contribution in [-0.2, 0) is 12.4 Å². The van der Waals surface area contributed by atoms with Crippen LogP contribution in [-0.4, -0.2) is 5.78 Å². The first-order valence-corrected chi connectivity index (χ1v) is 6.47. The maximum Gasteiger partial charge on any atom is 0.417 e. The van der Waals surface area contributed by atoms with Gasteiger partial charge in [0, 0.05) is 11.1 Å². The molecule has 23 heavy (non-hydrogen) atoms. The number of alkyl halides is 6. The molecule has 0 radical (unpaired) electrons. The van der Waals surface area contributed by atoms with Crippen molar-refractivity contribution in [1.29, 1.82) is 0 Å². The number of rotatable bonds is 2. The van der Waals surface area contributed by atoms with Crippen molar-refractivity contribution in [3.05, 3.63) is 69.7 Å². The third-order valence-electron chi connectivity index (χ3n) is 3.02. The summed E-state index contributed by atoms with van der Waals surface area (Å²) in [6.07, 6.45) is -9.57. The monoisotopic (exact) mass is 352 g/mol. The largest absolute Gasteiger partial charge is 0.417 e. The van der Waals surface area contributed by atoms with Crippen LogP contribution in [0.2, 0.25) is 5.02 Å². The lowest BCUT2D eigenvalue weighted by Crippen LogP contribution is -2.15. The Labute approximate surface area is 131 Å². The van der Waals surface area contributed by atoms with Crippen LogP contribution in [0, 0.1) is 0 Å². The highest BCUT2D eigenvalue weighted by Crippen LogP contribution is 2.35. The Morgan fingerprint density at radius 3 is 2.00 bits per heavy atom. The maximum absolute atomic E-state index is 12.9. The van der Waals surface area contributed by atoms with Gasteiger partial charge in [-0.1, -0.05) is 29.8 Å². The van der Waals surface area contributed by atoms with Crippen molar-refractivity contribution in [2.24, 2.45) is 0 Å². The lowest BCUT2D eigenvalue weighted by atomic mass is 9.96. The third-order valence-corrected chi connectivity index (χ3v) is 3.34. The molecule has 8 heteroatoms. The predicted octanol–water partition coefficient (Wildman–Crippen LogP) is 5.61. The normalized spacial score (nSPS) is 12.3. The fourth-order valence-corrected chi connectivity index (χ4v) is 2.15. The second kappa shape index (κ2) is 5.88. The molecule has 0 amide bonds. The molecular formula is C15H7ClF6O. The summed E-state index contributed by atoms with van der Waals surface area (Å²) in [6.45, 7) is 0. The number of ketones is 1. The molecule has 0 heterocycles. The minimum absolute atomic E-state index is 0.361. The number of benzene rings is 2. The molecule has 0 aromatic heterocycles. The molecule has 2 aromatic rings. The first-order valence-electron chi connectivity index (χ1n) is 6.09. The minimum atomic E-state index is -4.82. The summed E-state index contributed by atoms with van der Waals surface area (Å²) in [5, 5.41) is -0.361. The van der Waals surface area contributed by atoms with E-state index < -0.39 is 40.4 Å². The van der Waals surface area contributed by atoms with Crippen LogP contribution in [0.3, 0.4) is 0 Å². The highest BCUT2D eigenvalue weighted by Gasteiger charge is 2.36. The van der Waals surface area contributed by atoms with Gasteiger partial charge in [0.25, 0.3) is 0 Å². The van der Waals surface area contributed by atoms with Crippen LogP contribution < -0.4 is 0 Å². The first kappa shape index (κ1) is 17.3. The summed E-state index contributed by atoms with van der Waals surface area (Å²) in [5.74, 6) is -1.23. The fraction of sp³-hybridized carbons (Fsp3) is 0.133. The third kappa shape index (κ3) is 3.67. The molecule has 0 fully saturated rings. The number of carbonyl (C=O) groups is 1. The van der Waals surface area contributed by atoms with Crippen LogP contribution >= 0.6 is 11.6 Å². The van der Waals surface area contributed by atoms with Crippen LogP contribution in [0.15, 0.2) is 42.5 Å². The van der Waals surface area contributed by atoms with Crippen molar-refractivity contribution in [2.45, 2.75) is 12.4 Å². The van der Waals surface area contributed by atoms with Crippen molar-refractivity contribution in [3.63, 3.8) is 0 Å². The molecular weight excluding hydrogens is 346 g/mol. The van der Waals surface area contributed by atoms with Crippen LogP contribution in [0.4, 0.5) is 26.3 Å². The summed E-state index contributed by atoms with van der Waals surface area (Å²) in [5.41, 5.74) is -3.81. The van der Waals surface area contributed by atoms with E-state index in [0.717, 1.165) is 18.2 Å². The molecule has 0 saturated carbocycles. The van der Waals surface area contributed by atoms with Crippen molar-refractivity contribution >= 4 is 17.4 Å². The standard InChI is InChI=1S/C15H7ClF6O/c16-12-6-5-8(14(17,18)19)7-10(12)13(23)9-3-1-2-4-11(9)15(20,21)22/h1-7H. The molecule has 0 atom stereocenters. The average molecular weight is 353 g/mol. The van der Waals surface area contributed by atoms with Crippen molar-refractivity contribution in [2.75, 3.05) is 0 Å². The second-order valence-corrected chi connectivity index (χ2v) is 4.97. The van der Waals surface area contributed by atoms with E-state index in [4.69, 9.17) is 11.6 Å². The topological polar surface area (TPSA) is 17.1 Å². The zero-order chi connectivity index (χ0) is 17.4. The van der Waals surface area contributed by atoms with Gasteiger partial charge in [0.1, 0.15) is 0 Å². The van der Waals surface area contributed by atoms with Gasteiger partial charge in [0.2, 0.25) is 0 Å². The number of carbonyl (C=O) groups excluding carboxylic acids is 1. The number of hydrogen-bond donors (Lipinski definition) is 0. The zero-order valence-corrected chi connectivity index (χ0v) is 11.9. The van der Waals surface area contributed by atoms with Crippen molar-refractivity contribution in [3.8, 4) is 0 Å². The molecule has 0 N–H and O–H groups in total. The van der Waals surface area contributed by atoms with E-state index >= 15 is 0 Å². The lowest BCUT2D eigenvalue weighted by Gasteiger charge is -2.14. The highest BCUT2D eigenvalue weighted by atomic mass is 35.5. The fourth-order valence-electron chi connectivity index (χ4n) is 1.95. The Balaban J connectivity index is 2.59. The molecule has 0 aliphatic heterocycles.